The highest BCUT2D eigenvalue weighted by Crippen LogP contribution is 2.43. The highest BCUT2D eigenvalue weighted by atomic mass is 35.5. The van der Waals surface area contributed by atoms with E-state index in [0.717, 1.165) is 16.7 Å². The normalized spacial score (nSPS) is 12.7. The summed E-state index contributed by atoms with van der Waals surface area (Å²) in [6.07, 6.45) is 0. The Kier molecular flexibility index (Phi) is 4.58. The first kappa shape index (κ1) is 17.0. The summed E-state index contributed by atoms with van der Waals surface area (Å²) in [5, 5.41) is 4.09. The maximum absolute atomic E-state index is 13.0. The Hall–Kier alpha value is -2.49. The standard InChI is InChI=1S/C21H15Cl2NO2/c22-14-10-9-13(17(23)11-14)12-24-21(25)20-15-5-1-3-7-18(15)26-19-8-4-2-6-16(19)20/h1-11,20H,12H2,(H,24,25). The lowest BCUT2D eigenvalue weighted by Crippen LogP contribution is -2.31. The molecular formula is C21H15Cl2NO2. The van der Waals surface area contributed by atoms with E-state index in [4.69, 9.17) is 27.9 Å². The highest BCUT2D eigenvalue weighted by Gasteiger charge is 2.32. The van der Waals surface area contributed by atoms with Gasteiger partial charge < -0.3 is 10.1 Å². The van der Waals surface area contributed by atoms with Crippen LogP contribution in [0.1, 0.15) is 22.6 Å². The second-order valence-electron chi connectivity index (χ2n) is 6.06. The van der Waals surface area contributed by atoms with Crippen molar-refractivity contribution in [3.8, 4) is 11.5 Å². The van der Waals surface area contributed by atoms with Crippen molar-refractivity contribution in [2.45, 2.75) is 12.5 Å². The summed E-state index contributed by atoms with van der Waals surface area (Å²) in [6, 6.07) is 20.5. The fraction of sp³-hybridized carbons (Fsp3) is 0.0952. The summed E-state index contributed by atoms with van der Waals surface area (Å²) in [6.45, 7) is 0.330. The van der Waals surface area contributed by atoms with E-state index in [1.807, 2.05) is 54.6 Å². The van der Waals surface area contributed by atoms with Crippen molar-refractivity contribution in [2.75, 3.05) is 0 Å². The van der Waals surface area contributed by atoms with Crippen LogP contribution in [0, 0.1) is 0 Å². The van der Waals surface area contributed by atoms with E-state index < -0.39 is 5.92 Å². The van der Waals surface area contributed by atoms with Crippen LogP contribution >= 0.6 is 23.2 Å². The van der Waals surface area contributed by atoms with E-state index in [2.05, 4.69) is 5.32 Å². The minimum absolute atomic E-state index is 0.0979. The van der Waals surface area contributed by atoms with Crippen LogP contribution in [0.2, 0.25) is 10.0 Å². The van der Waals surface area contributed by atoms with E-state index in [1.165, 1.54) is 0 Å². The van der Waals surface area contributed by atoms with Crippen LogP contribution in [0.3, 0.4) is 0 Å². The van der Waals surface area contributed by atoms with Gasteiger partial charge in [0.15, 0.2) is 0 Å². The number of carbonyl (C=O) groups excluding carboxylic acids is 1. The highest BCUT2D eigenvalue weighted by molar-refractivity contribution is 6.35. The first-order valence-corrected chi connectivity index (χ1v) is 8.96. The quantitative estimate of drug-likeness (QED) is 0.643. The molecule has 0 saturated heterocycles. The molecule has 3 aromatic rings. The van der Waals surface area contributed by atoms with Gasteiger partial charge in [-0.1, -0.05) is 65.7 Å². The Morgan fingerprint density at radius 2 is 1.54 bits per heavy atom. The third-order valence-corrected chi connectivity index (χ3v) is 5.00. The molecule has 0 spiro atoms. The molecule has 5 heteroatoms. The molecule has 1 N–H and O–H groups in total. The van der Waals surface area contributed by atoms with Crippen LogP contribution in [0.15, 0.2) is 66.7 Å². The fourth-order valence-electron chi connectivity index (χ4n) is 3.14. The Morgan fingerprint density at radius 1 is 0.923 bits per heavy atom. The van der Waals surface area contributed by atoms with Gasteiger partial charge in [-0.05, 0) is 29.8 Å². The van der Waals surface area contributed by atoms with E-state index in [-0.39, 0.29) is 5.91 Å². The summed E-state index contributed by atoms with van der Waals surface area (Å²) in [7, 11) is 0. The van der Waals surface area contributed by atoms with Crippen molar-refractivity contribution >= 4 is 29.1 Å². The number of carbonyl (C=O) groups is 1. The molecule has 0 radical (unpaired) electrons. The minimum atomic E-state index is -0.428. The Bertz CT molecular complexity index is 942. The van der Waals surface area contributed by atoms with Crippen LogP contribution in [0.4, 0.5) is 0 Å². The average Bonchev–Trinajstić information content (AvgIpc) is 2.65. The minimum Gasteiger partial charge on any atom is -0.457 e. The number of nitrogens with one attached hydrogen (secondary N) is 1. The largest absolute Gasteiger partial charge is 0.457 e. The molecule has 1 aliphatic heterocycles. The molecular weight excluding hydrogens is 369 g/mol. The van der Waals surface area contributed by atoms with Crippen molar-refractivity contribution < 1.29 is 9.53 Å². The molecule has 0 fully saturated rings. The monoisotopic (exact) mass is 383 g/mol. The first-order valence-electron chi connectivity index (χ1n) is 8.21. The van der Waals surface area contributed by atoms with Gasteiger partial charge in [-0.2, -0.15) is 0 Å². The summed E-state index contributed by atoms with van der Waals surface area (Å²) in [5.74, 6) is 0.883. The Labute approximate surface area is 161 Å². The van der Waals surface area contributed by atoms with Gasteiger partial charge >= 0.3 is 0 Å². The number of amides is 1. The third kappa shape index (κ3) is 3.16. The van der Waals surface area contributed by atoms with Crippen LogP contribution in [-0.2, 0) is 11.3 Å². The number of para-hydroxylation sites is 2. The molecule has 0 aliphatic carbocycles. The third-order valence-electron chi connectivity index (χ3n) is 4.41. The molecule has 0 aromatic heterocycles. The molecule has 0 bridgehead atoms. The van der Waals surface area contributed by atoms with Gasteiger partial charge in [0.1, 0.15) is 11.5 Å². The lowest BCUT2D eigenvalue weighted by molar-refractivity contribution is -0.122. The maximum atomic E-state index is 13.0. The van der Waals surface area contributed by atoms with Gasteiger partial charge in [0.05, 0.1) is 5.92 Å². The fourth-order valence-corrected chi connectivity index (χ4v) is 3.62. The SMILES string of the molecule is O=C(NCc1ccc(Cl)cc1Cl)C1c2ccccc2Oc2ccccc21. The zero-order valence-electron chi connectivity index (χ0n) is 13.7. The van der Waals surface area contributed by atoms with Crippen LogP contribution in [0.25, 0.3) is 0 Å². The van der Waals surface area contributed by atoms with Crippen molar-refractivity contribution in [2.24, 2.45) is 0 Å². The van der Waals surface area contributed by atoms with Crippen molar-refractivity contribution in [1.29, 1.82) is 0 Å². The number of hydrogen-bond acceptors (Lipinski definition) is 2. The van der Waals surface area contributed by atoms with E-state index >= 15 is 0 Å². The van der Waals surface area contributed by atoms with E-state index in [9.17, 15) is 4.79 Å². The molecule has 1 heterocycles. The average molecular weight is 384 g/mol. The predicted octanol–water partition coefficient (Wildman–Crippen LogP) is 5.55. The Morgan fingerprint density at radius 3 is 2.15 bits per heavy atom. The second-order valence-corrected chi connectivity index (χ2v) is 6.91. The zero-order valence-corrected chi connectivity index (χ0v) is 15.2. The lowest BCUT2D eigenvalue weighted by Gasteiger charge is -2.27. The number of rotatable bonds is 3. The van der Waals surface area contributed by atoms with Gasteiger partial charge in [-0.15, -0.1) is 0 Å². The number of fused-ring (bicyclic) bond motifs is 2. The van der Waals surface area contributed by atoms with E-state index in [1.54, 1.807) is 12.1 Å². The second kappa shape index (κ2) is 7.02. The van der Waals surface area contributed by atoms with Gasteiger partial charge in [0.2, 0.25) is 5.91 Å². The summed E-state index contributed by atoms with van der Waals surface area (Å²) in [5.41, 5.74) is 2.52. The van der Waals surface area contributed by atoms with E-state index in [0.29, 0.717) is 28.1 Å². The number of benzene rings is 3. The van der Waals surface area contributed by atoms with Gasteiger partial charge in [0.25, 0.3) is 0 Å². The molecule has 0 atom stereocenters. The molecule has 1 aliphatic rings. The van der Waals surface area contributed by atoms with Crippen LogP contribution < -0.4 is 10.1 Å². The van der Waals surface area contributed by atoms with Crippen LogP contribution in [0.5, 0.6) is 11.5 Å². The van der Waals surface area contributed by atoms with Gasteiger partial charge in [0, 0.05) is 27.7 Å². The summed E-state index contributed by atoms with van der Waals surface area (Å²) < 4.78 is 5.94. The lowest BCUT2D eigenvalue weighted by atomic mass is 9.87. The molecule has 1 amide bonds. The molecule has 26 heavy (non-hydrogen) atoms. The first-order chi connectivity index (χ1) is 12.6. The van der Waals surface area contributed by atoms with Crippen LogP contribution in [-0.4, -0.2) is 5.91 Å². The predicted molar refractivity (Wildman–Crippen MR) is 103 cm³/mol. The topological polar surface area (TPSA) is 38.3 Å². The van der Waals surface area contributed by atoms with Crippen molar-refractivity contribution in [3.05, 3.63) is 93.5 Å². The van der Waals surface area contributed by atoms with Gasteiger partial charge in [-0.3, -0.25) is 4.79 Å². The smallest absolute Gasteiger partial charge is 0.232 e. The number of hydrogen-bond donors (Lipinski definition) is 1. The molecule has 3 nitrogen and oxygen atoms in total. The molecule has 130 valence electrons. The summed E-state index contributed by atoms with van der Waals surface area (Å²) in [4.78, 5) is 13.0. The zero-order chi connectivity index (χ0) is 18.1. The molecule has 4 rings (SSSR count). The summed E-state index contributed by atoms with van der Waals surface area (Å²) >= 11 is 12.1. The van der Waals surface area contributed by atoms with Gasteiger partial charge in [-0.25, -0.2) is 0 Å². The Balaban J connectivity index is 1.63. The molecule has 0 saturated carbocycles. The molecule has 0 unspecified atom stereocenters. The molecule has 3 aromatic carbocycles. The number of ether oxygens (including phenoxy) is 1. The number of halogens is 2. The van der Waals surface area contributed by atoms with Crippen molar-refractivity contribution in [1.82, 2.24) is 5.32 Å². The maximum Gasteiger partial charge on any atom is 0.232 e. The van der Waals surface area contributed by atoms with Crippen molar-refractivity contribution in [3.63, 3.8) is 0 Å².